The van der Waals surface area contributed by atoms with Crippen LogP contribution in [0.25, 0.3) is 0 Å². The lowest BCUT2D eigenvalue weighted by atomic mass is 10.1. The molecule has 2 aliphatic rings. The summed E-state index contributed by atoms with van der Waals surface area (Å²) in [4.78, 5) is 20.7. The van der Waals surface area contributed by atoms with Gasteiger partial charge in [-0.25, -0.2) is 4.99 Å². The molecule has 0 N–H and O–H groups in total. The van der Waals surface area contributed by atoms with E-state index in [1.165, 1.54) is 18.2 Å². The molecule has 1 aromatic rings. The van der Waals surface area contributed by atoms with Crippen LogP contribution in [0.5, 0.6) is 0 Å². The Balaban J connectivity index is 1.91. The average molecular weight is 270 g/mol. The minimum atomic E-state index is -0.226. The second kappa shape index (κ2) is 4.85. The number of nitrogens with zero attached hydrogens (tertiary/aromatic N) is 2. The highest BCUT2D eigenvalue weighted by Gasteiger charge is 2.44. The van der Waals surface area contributed by atoms with E-state index in [4.69, 9.17) is 4.74 Å². The molecule has 3 rings (SSSR count). The van der Waals surface area contributed by atoms with E-state index in [1.807, 2.05) is 0 Å². The number of hydrogen-bond donors (Lipinski definition) is 0. The lowest BCUT2D eigenvalue weighted by molar-refractivity contribution is -0.139. The Kier molecular flexibility index (Phi) is 3.16. The highest BCUT2D eigenvalue weighted by Crippen LogP contribution is 2.39. The molecule has 0 bridgehead atoms. The van der Waals surface area contributed by atoms with Crippen LogP contribution in [0.15, 0.2) is 28.2 Å². The van der Waals surface area contributed by atoms with Gasteiger partial charge in [-0.05, 0) is 32.4 Å². The third-order valence-electron chi connectivity index (χ3n) is 3.76. The van der Waals surface area contributed by atoms with E-state index < -0.39 is 0 Å². The third kappa shape index (κ3) is 2.50. The minimum absolute atomic E-state index is 0.226. The summed E-state index contributed by atoms with van der Waals surface area (Å²) in [7, 11) is 1.41. The Hall–Kier alpha value is -1.97. The molecule has 4 nitrogen and oxygen atoms in total. The quantitative estimate of drug-likeness (QED) is 0.792. The van der Waals surface area contributed by atoms with Crippen LogP contribution in [0, 0.1) is 19.8 Å². The molecular formula is C16H18N2O2. The summed E-state index contributed by atoms with van der Waals surface area (Å²) in [6.07, 6.45) is 1.28. The van der Waals surface area contributed by atoms with E-state index >= 15 is 0 Å². The zero-order valence-electron chi connectivity index (χ0n) is 12.0. The van der Waals surface area contributed by atoms with Crippen LogP contribution in [0.3, 0.4) is 0 Å². The van der Waals surface area contributed by atoms with Crippen molar-refractivity contribution in [3.63, 3.8) is 0 Å². The molecule has 0 radical (unpaired) electrons. The molecule has 1 heterocycles. The molecule has 1 aliphatic heterocycles. The van der Waals surface area contributed by atoms with Crippen LogP contribution in [-0.2, 0) is 9.53 Å². The Morgan fingerprint density at radius 2 is 2.00 bits per heavy atom. The number of methoxy groups -OCH3 is 1. The topological polar surface area (TPSA) is 51.0 Å². The Morgan fingerprint density at radius 3 is 2.65 bits per heavy atom. The number of aliphatic imine (C=N–C) groups is 2. The number of aryl methyl sites for hydroxylation is 2. The molecule has 104 valence electrons. The van der Waals surface area contributed by atoms with Crippen LogP contribution in [0.1, 0.15) is 29.5 Å². The number of carbonyl (C=O) groups is 1. The summed E-state index contributed by atoms with van der Waals surface area (Å²) < 4.78 is 4.74. The SMILES string of the molecule is COC(=O)CC1=NC(c2cc(C)cc(C)c2)=N[C@H]2CC12. The number of rotatable bonds is 3. The van der Waals surface area contributed by atoms with E-state index in [1.54, 1.807) is 0 Å². The van der Waals surface area contributed by atoms with Crippen LogP contribution < -0.4 is 0 Å². The van der Waals surface area contributed by atoms with Crippen molar-refractivity contribution < 1.29 is 9.53 Å². The van der Waals surface area contributed by atoms with Crippen LogP contribution in [0.4, 0.5) is 0 Å². The molecule has 1 unspecified atom stereocenters. The van der Waals surface area contributed by atoms with E-state index in [9.17, 15) is 4.79 Å². The zero-order valence-corrected chi connectivity index (χ0v) is 12.0. The summed E-state index contributed by atoms with van der Waals surface area (Å²) in [6, 6.07) is 6.62. The highest BCUT2D eigenvalue weighted by atomic mass is 16.5. The van der Waals surface area contributed by atoms with Gasteiger partial charge in [0.2, 0.25) is 0 Å². The first-order chi connectivity index (χ1) is 9.56. The molecular weight excluding hydrogens is 252 g/mol. The number of amidine groups is 1. The van der Waals surface area contributed by atoms with Crippen molar-refractivity contribution in [1.82, 2.24) is 0 Å². The molecule has 4 heteroatoms. The zero-order chi connectivity index (χ0) is 14.3. The smallest absolute Gasteiger partial charge is 0.311 e. The molecule has 1 fully saturated rings. The minimum Gasteiger partial charge on any atom is -0.469 e. The van der Waals surface area contributed by atoms with E-state index in [2.05, 4.69) is 42.0 Å². The number of carbonyl (C=O) groups excluding carboxylic acids is 1. The summed E-state index contributed by atoms with van der Waals surface area (Å²) in [5.41, 5.74) is 4.36. The van der Waals surface area contributed by atoms with Crippen molar-refractivity contribution in [3.05, 3.63) is 34.9 Å². The van der Waals surface area contributed by atoms with Gasteiger partial charge < -0.3 is 4.74 Å². The van der Waals surface area contributed by atoms with E-state index in [0.29, 0.717) is 12.0 Å². The Bertz CT molecular complexity index is 611. The largest absolute Gasteiger partial charge is 0.469 e. The van der Waals surface area contributed by atoms with Gasteiger partial charge in [-0.2, -0.15) is 0 Å². The van der Waals surface area contributed by atoms with Crippen LogP contribution in [0.2, 0.25) is 0 Å². The molecule has 0 amide bonds. The van der Waals surface area contributed by atoms with Gasteiger partial charge in [0.25, 0.3) is 0 Å². The van der Waals surface area contributed by atoms with Crippen molar-refractivity contribution in [2.24, 2.45) is 15.9 Å². The Labute approximate surface area is 118 Å². The van der Waals surface area contributed by atoms with Gasteiger partial charge >= 0.3 is 5.97 Å². The lowest BCUT2D eigenvalue weighted by Gasteiger charge is -2.12. The first-order valence-electron chi connectivity index (χ1n) is 6.87. The number of hydrogen-bond acceptors (Lipinski definition) is 4. The molecule has 0 spiro atoms. The summed E-state index contributed by atoms with van der Waals surface area (Å²) in [5, 5.41) is 0. The monoisotopic (exact) mass is 270 g/mol. The average Bonchev–Trinajstić information content (AvgIpc) is 3.16. The summed E-state index contributed by atoms with van der Waals surface area (Å²) in [5.74, 6) is 0.884. The van der Waals surface area contributed by atoms with Crippen molar-refractivity contribution in [2.45, 2.75) is 32.7 Å². The van der Waals surface area contributed by atoms with Gasteiger partial charge in [-0.15, -0.1) is 0 Å². The fourth-order valence-corrected chi connectivity index (χ4v) is 2.72. The first-order valence-corrected chi connectivity index (χ1v) is 6.87. The predicted molar refractivity (Wildman–Crippen MR) is 78.4 cm³/mol. The van der Waals surface area contributed by atoms with Gasteiger partial charge in [-0.1, -0.05) is 17.2 Å². The van der Waals surface area contributed by atoms with E-state index in [0.717, 1.165) is 23.5 Å². The maximum atomic E-state index is 11.5. The van der Waals surface area contributed by atoms with Gasteiger partial charge in [0, 0.05) is 17.2 Å². The van der Waals surface area contributed by atoms with Crippen molar-refractivity contribution in [1.29, 1.82) is 0 Å². The number of fused-ring (bicyclic) bond motifs is 1. The summed E-state index contributed by atoms with van der Waals surface area (Å²) >= 11 is 0. The van der Waals surface area contributed by atoms with Crippen LogP contribution >= 0.6 is 0 Å². The number of benzene rings is 1. The van der Waals surface area contributed by atoms with Crippen molar-refractivity contribution in [3.8, 4) is 0 Å². The standard InChI is InChI=1S/C16H18N2O2/c1-9-4-10(2)6-11(5-9)16-17-13-7-12(13)14(18-16)8-15(19)20-3/h4-6,12-13H,7-8H2,1-3H3/t12?,13-/m0/s1. The van der Waals surface area contributed by atoms with Gasteiger partial charge in [0.15, 0.2) is 5.84 Å². The van der Waals surface area contributed by atoms with Crippen LogP contribution in [-0.4, -0.2) is 30.7 Å². The second-order valence-electron chi connectivity index (χ2n) is 5.59. The maximum Gasteiger partial charge on any atom is 0.311 e. The molecule has 1 aromatic carbocycles. The van der Waals surface area contributed by atoms with Crippen molar-refractivity contribution in [2.75, 3.05) is 7.11 Å². The molecule has 0 saturated heterocycles. The molecule has 0 aromatic heterocycles. The first kappa shape index (κ1) is 13.0. The second-order valence-corrected chi connectivity index (χ2v) is 5.59. The normalized spacial score (nSPS) is 23.6. The molecule has 20 heavy (non-hydrogen) atoms. The molecule has 1 saturated carbocycles. The number of ether oxygens (including phenoxy) is 1. The van der Waals surface area contributed by atoms with Gasteiger partial charge in [0.1, 0.15) is 0 Å². The maximum absolute atomic E-state index is 11.5. The fraction of sp³-hybridized carbons (Fsp3) is 0.438. The predicted octanol–water partition coefficient (Wildman–Crippen LogP) is 2.46. The highest BCUT2D eigenvalue weighted by molar-refractivity contribution is 6.14. The molecule has 1 aliphatic carbocycles. The Morgan fingerprint density at radius 1 is 1.30 bits per heavy atom. The fourth-order valence-electron chi connectivity index (χ4n) is 2.72. The summed E-state index contributed by atoms with van der Waals surface area (Å²) in [6.45, 7) is 4.14. The van der Waals surface area contributed by atoms with Crippen molar-refractivity contribution >= 4 is 17.5 Å². The van der Waals surface area contributed by atoms with Gasteiger partial charge in [-0.3, -0.25) is 9.79 Å². The number of esters is 1. The lowest BCUT2D eigenvalue weighted by Crippen LogP contribution is -2.19. The third-order valence-corrected chi connectivity index (χ3v) is 3.76. The molecule has 2 atom stereocenters. The van der Waals surface area contributed by atoms with E-state index in [-0.39, 0.29) is 12.4 Å². The van der Waals surface area contributed by atoms with Gasteiger partial charge in [0.05, 0.1) is 19.6 Å².